The van der Waals surface area contributed by atoms with Gasteiger partial charge in [0.15, 0.2) is 5.16 Å². The van der Waals surface area contributed by atoms with Crippen LogP contribution >= 0.6 is 11.8 Å². The van der Waals surface area contributed by atoms with Gasteiger partial charge in [-0.15, -0.1) is 10.2 Å². The van der Waals surface area contributed by atoms with Crippen LogP contribution in [0.3, 0.4) is 0 Å². The van der Waals surface area contributed by atoms with E-state index in [-0.39, 0.29) is 5.91 Å². The summed E-state index contributed by atoms with van der Waals surface area (Å²) in [6.07, 6.45) is 6.34. The molecule has 0 aliphatic rings. The highest BCUT2D eigenvalue weighted by atomic mass is 32.2. The molecule has 0 aliphatic heterocycles. The molecule has 0 radical (unpaired) electrons. The van der Waals surface area contributed by atoms with Gasteiger partial charge in [0.2, 0.25) is 5.91 Å². The SMILES string of the molecule is CCCCCCNC(=O)CSc1nncn1-c1ccccc1C. The lowest BCUT2D eigenvalue weighted by molar-refractivity contribution is -0.118. The lowest BCUT2D eigenvalue weighted by atomic mass is 10.2. The Morgan fingerprint density at radius 3 is 2.87 bits per heavy atom. The van der Waals surface area contributed by atoms with Gasteiger partial charge in [-0.2, -0.15) is 0 Å². The molecule has 23 heavy (non-hydrogen) atoms. The maximum Gasteiger partial charge on any atom is 0.230 e. The summed E-state index contributed by atoms with van der Waals surface area (Å²) in [4.78, 5) is 11.9. The first-order valence-corrected chi connectivity index (χ1v) is 9.06. The van der Waals surface area contributed by atoms with Crippen molar-refractivity contribution in [1.82, 2.24) is 20.1 Å². The Balaban J connectivity index is 1.84. The molecule has 0 atom stereocenters. The third kappa shape index (κ3) is 5.39. The zero-order chi connectivity index (χ0) is 16.5. The zero-order valence-electron chi connectivity index (χ0n) is 13.8. The van der Waals surface area contributed by atoms with Crippen LogP contribution in [0, 0.1) is 6.92 Å². The first-order chi connectivity index (χ1) is 11.2. The fraction of sp³-hybridized carbons (Fsp3) is 0.471. The summed E-state index contributed by atoms with van der Waals surface area (Å²) in [5.41, 5.74) is 2.19. The van der Waals surface area contributed by atoms with Crippen molar-refractivity contribution >= 4 is 17.7 Å². The molecule has 0 unspecified atom stereocenters. The fourth-order valence-corrected chi connectivity index (χ4v) is 3.03. The van der Waals surface area contributed by atoms with Crippen molar-refractivity contribution in [3.8, 4) is 5.69 Å². The van der Waals surface area contributed by atoms with Crippen LogP contribution in [-0.4, -0.2) is 33.0 Å². The quantitative estimate of drug-likeness (QED) is 0.565. The number of nitrogens with zero attached hydrogens (tertiary/aromatic N) is 3. The van der Waals surface area contributed by atoms with Gasteiger partial charge in [-0.1, -0.05) is 56.1 Å². The molecule has 1 aromatic carbocycles. The molecule has 1 heterocycles. The highest BCUT2D eigenvalue weighted by molar-refractivity contribution is 7.99. The van der Waals surface area contributed by atoms with Crippen molar-refractivity contribution < 1.29 is 4.79 Å². The van der Waals surface area contributed by atoms with Crippen LogP contribution in [0.2, 0.25) is 0 Å². The van der Waals surface area contributed by atoms with Crippen LogP contribution in [0.1, 0.15) is 38.2 Å². The molecule has 0 aliphatic carbocycles. The molecule has 124 valence electrons. The van der Waals surface area contributed by atoms with Crippen molar-refractivity contribution in [2.75, 3.05) is 12.3 Å². The Morgan fingerprint density at radius 2 is 2.09 bits per heavy atom. The average Bonchev–Trinajstić information content (AvgIpc) is 3.01. The number of benzene rings is 1. The Bertz CT molecular complexity index is 627. The summed E-state index contributed by atoms with van der Waals surface area (Å²) in [6.45, 7) is 4.98. The third-order valence-electron chi connectivity index (χ3n) is 3.58. The topological polar surface area (TPSA) is 59.8 Å². The molecule has 2 rings (SSSR count). The van der Waals surface area contributed by atoms with Gasteiger partial charge in [0.25, 0.3) is 0 Å². The minimum atomic E-state index is 0.0471. The lowest BCUT2D eigenvalue weighted by Crippen LogP contribution is -2.26. The molecule has 5 nitrogen and oxygen atoms in total. The zero-order valence-corrected chi connectivity index (χ0v) is 14.6. The van der Waals surface area contributed by atoms with Gasteiger partial charge in [-0.3, -0.25) is 9.36 Å². The predicted molar refractivity (Wildman–Crippen MR) is 94.0 cm³/mol. The molecule has 2 aromatic rings. The van der Waals surface area contributed by atoms with Gasteiger partial charge in [0.05, 0.1) is 11.4 Å². The van der Waals surface area contributed by atoms with E-state index in [4.69, 9.17) is 0 Å². The van der Waals surface area contributed by atoms with E-state index in [1.807, 2.05) is 35.8 Å². The van der Waals surface area contributed by atoms with Crippen molar-refractivity contribution in [2.45, 2.75) is 44.7 Å². The fourth-order valence-electron chi connectivity index (χ4n) is 2.28. The maximum absolute atomic E-state index is 11.9. The Hall–Kier alpha value is -1.82. The summed E-state index contributed by atoms with van der Waals surface area (Å²) >= 11 is 1.41. The maximum atomic E-state index is 11.9. The third-order valence-corrected chi connectivity index (χ3v) is 4.52. The summed E-state index contributed by atoms with van der Waals surface area (Å²) < 4.78 is 1.93. The summed E-state index contributed by atoms with van der Waals surface area (Å²) in [6, 6.07) is 8.06. The van der Waals surface area contributed by atoms with Crippen LogP contribution in [0.5, 0.6) is 0 Å². The highest BCUT2D eigenvalue weighted by Crippen LogP contribution is 2.21. The molecule has 1 aromatic heterocycles. The number of thioether (sulfide) groups is 1. The van der Waals surface area contributed by atoms with Gasteiger partial charge < -0.3 is 5.32 Å². The van der Waals surface area contributed by atoms with Gasteiger partial charge in [0.1, 0.15) is 6.33 Å². The first-order valence-electron chi connectivity index (χ1n) is 8.08. The van der Waals surface area contributed by atoms with Crippen molar-refractivity contribution in [1.29, 1.82) is 0 Å². The summed E-state index contributed by atoms with van der Waals surface area (Å²) in [7, 11) is 0. The number of carbonyl (C=O) groups excluding carboxylic acids is 1. The van der Waals surface area contributed by atoms with E-state index in [2.05, 4.69) is 22.4 Å². The summed E-state index contributed by atoms with van der Waals surface area (Å²) in [5.74, 6) is 0.407. The number of hydrogen-bond acceptors (Lipinski definition) is 4. The van der Waals surface area contributed by atoms with E-state index in [1.54, 1.807) is 6.33 Å². The Kier molecular flexibility index (Phi) is 7.13. The second-order valence-electron chi connectivity index (χ2n) is 5.47. The van der Waals surface area contributed by atoms with Gasteiger partial charge in [-0.05, 0) is 25.0 Å². The largest absolute Gasteiger partial charge is 0.355 e. The number of carbonyl (C=O) groups is 1. The molecule has 0 saturated carbocycles. The van der Waals surface area contributed by atoms with Crippen molar-refractivity contribution in [3.63, 3.8) is 0 Å². The lowest BCUT2D eigenvalue weighted by Gasteiger charge is -2.09. The number of rotatable bonds is 9. The number of nitrogens with one attached hydrogen (secondary N) is 1. The highest BCUT2D eigenvalue weighted by Gasteiger charge is 2.11. The molecule has 0 spiro atoms. The predicted octanol–water partition coefficient (Wildman–Crippen LogP) is 3.36. The van der Waals surface area contributed by atoms with E-state index < -0.39 is 0 Å². The van der Waals surface area contributed by atoms with E-state index in [9.17, 15) is 4.79 Å². The molecule has 1 amide bonds. The number of aromatic nitrogens is 3. The minimum Gasteiger partial charge on any atom is -0.355 e. The second-order valence-corrected chi connectivity index (χ2v) is 6.41. The van der Waals surface area contributed by atoms with Crippen LogP contribution in [-0.2, 0) is 4.79 Å². The molecule has 0 bridgehead atoms. The molecular formula is C17H24N4OS. The monoisotopic (exact) mass is 332 g/mol. The van der Waals surface area contributed by atoms with Gasteiger partial charge in [0, 0.05) is 6.54 Å². The smallest absolute Gasteiger partial charge is 0.230 e. The molecular weight excluding hydrogens is 308 g/mol. The number of unbranched alkanes of at least 4 members (excludes halogenated alkanes) is 3. The number of hydrogen-bond donors (Lipinski definition) is 1. The van der Waals surface area contributed by atoms with E-state index in [0.717, 1.165) is 29.4 Å². The summed E-state index contributed by atoms with van der Waals surface area (Å²) in [5, 5.41) is 11.8. The van der Waals surface area contributed by atoms with E-state index >= 15 is 0 Å². The van der Waals surface area contributed by atoms with Crippen LogP contribution < -0.4 is 5.32 Å². The molecule has 0 fully saturated rings. The average molecular weight is 332 g/mol. The number of amides is 1. The normalized spacial score (nSPS) is 10.7. The molecule has 6 heteroatoms. The molecule has 1 N–H and O–H groups in total. The Morgan fingerprint density at radius 1 is 1.26 bits per heavy atom. The number of aryl methyl sites for hydroxylation is 1. The van der Waals surface area contributed by atoms with Crippen molar-refractivity contribution in [2.24, 2.45) is 0 Å². The van der Waals surface area contributed by atoms with E-state index in [0.29, 0.717) is 5.75 Å². The second kappa shape index (κ2) is 9.35. The standard InChI is InChI=1S/C17H24N4OS/c1-3-4-5-8-11-18-16(22)12-23-17-20-19-13-21(17)15-10-7-6-9-14(15)2/h6-7,9-10,13H,3-5,8,11-12H2,1-2H3,(H,18,22). The van der Waals surface area contributed by atoms with Crippen LogP contribution in [0.25, 0.3) is 5.69 Å². The minimum absolute atomic E-state index is 0.0471. The van der Waals surface area contributed by atoms with Crippen molar-refractivity contribution in [3.05, 3.63) is 36.2 Å². The van der Waals surface area contributed by atoms with Gasteiger partial charge >= 0.3 is 0 Å². The first kappa shape index (κ1) is 17.5. The Labute approximate surface area is 141 Å². The van der Waals surface area contributed by atoms with Crippen LogP contribution in [0.15, 0.2) is 35.7 Å². The number of para-hydroxylation sites is 1. The van der Waals surface area contributed by atoms with Crippen LogP contribution in [0.4, 0.5) is 0 Å². The molecule has 0 saturated heterocycles. The van der Waals surface area contributed by atoms with E-state index in [1.165, 1.54) is 31.0 Å². The van der Waals surface area contributed by atoms with Gasteiger partial charge in [-0.25, -0.2) is 0 Å².